The Morgan fingerprint density at radius 3 is 2.67 bits per heavy atom. The van der Waals surface area contributed by atoms with Gasteiger partial charge in [0.2, 0.25) is 0 Å². The molecule has 30 heavy (non-hydrogen) atoms. The molecule has 0 spiro atoms. The maximum Gasteiger partial charge on any atom is 0.151 e. The van der Waals surface area contributed by atoms with Gasteiger partial charge >= 0.3 is 0 Å². The van der Waals surface area contributed by atoms with Crippen molar-refractivity contribution in [1.82, 2.24) is 15.3 Å². The Kier molecular flexibility index (Phi) is 5.84. The van der Waals surface area contributed by atoms with Crippen molar-refractivity contribution in [2.75, 3.05) is 48.8 Å². The summed E-state index contributed by atoms with van der Waals surface area (Å²) in [5, 5.41) is 3.42. The van der Waals surface area contributed by atoms with Crippen molar-refractivity contribution in [3.8, 4) is 0 Å². The summed E-state index contributed by atoms with van der Waals surface area (Å²) < 4.78 is 0. The van der Waals surface area contributed by atoms with E-state index in [2.05, 4.69) is 47.2 Å². The van der Waals surface area contributed by atoms with Gasteiger partial charge in [0, 0.05) is 25.3 Å². The van der Waals surface area contributed by atoms with Crippen LogP contribution in [0.4, 0.5) is 17.3 Å². The summed E-state index contributed by atoms with van der Waals surface area (Å²) >= 11 is 0. The standard InChI is InChI=1S/C23H35N7/c1-16-6-7-18-17(13-16)5-4-10-30(18)22(26-3)20-21(25)28-19(14-27-20)29-11-8-23(2,15-24)9-12-29/h6-7,13-14,22,26H,4-5,8-12,15,24H2,1-3H3,(H2,25,28). The van der Waals surface area contributed by atoms with Gasteiger partial charge in [-0.2, -0.15) is 0 Å². The molecular formula is C23H35N7. The number of fused-ring (bicyclic) bond motifs is 1. The quantitative estimate of drug-likeness (QED) is 0.698. The van der Waals surface area contributed by atoms with Crippen LogP contribution in [0.3, 0.4) is 0 Å². The van der Waals surface area contributed by atoms with Gasteiger partial charge in [0.1, 0.15) is 17.7 Å². The van der Waals surface area contributed by atoms with E-state index in [1.165, 1.54) is 16.8 Å². The maximum absolute atomic E-state index is 6.45. The topological polar surface area (TPSA) is 96.3 Å². The molecule has 2 aliphatic heterocycles. The smallest absolute Gasteiger partial charge is 0.151 e. The Morgan fingerprint density at radius 1 is 1.23 bits per heavy atom. The van der Waals surface area contributed by atoms with Crippen LogP contribution in [0.15, 0.2) is 24.4 Å². The Balaban J connectivity index is 1.57. The predicted molar refractivity (Wildman–Crippen MR) is 124 cm³/mol. The first-order valence-corrected chi connectivity index (χ1v) is 11.0. The van der Waals surface area contributed by atoms with Gasteiger partial charge in [-0.1, -0.05) is 24.6 Å². The average Bonchev–Trinajstić information content (AvgIpc) is 2.75. The van der Waals surface area contributed by atoms with E-state index in [1.54, 1.807) is 0 Å². The van der Waals surface area contributed by atoms with Crippen LogP contribution < -0.4 is 26.6 Å². The van der Waals surface area contributed by atoms with E-state index >= 15 is 0 Å². The van der Waals surface area contributed by atoms with Gasteiger partial charge in [0.25, 0.3) is 0 Å². The lowest BCUT2D eigenvalue weighted by molar-refractivity contribution is 0.258. The molecule has 1 atom stereocenters. The first-order chi connectivity index (χ1) is 14.4. The van der Waals surface area contributed by atoms with Crippen LogP contribution in [0.5, 0.6) is 0 Å². The average molecular weight is 410 g/mol. The Morgan fingerprint density at radius 2 is 2.00 bits per heavy atom. The van der Waals surface area contributed by atoms with E-state index in [4.69, 9.17) is 21.4 Å². The number of nitrogen functional groups attached to an aromatic ring is 1. The zero-order valence-electron chi connectivity index (χ0n) is 18.5. The zero-order valence-corrected chi connectivity index (χ0v) is 18.5. The number of aryl methyl sites for hydroxylation is 2. The monoisotopic (exact) mass is 409 g/mol. The summed E-state index contributed by atoms with van der Waals surface area (Å²) in [6.45, 7) is 7.99. The highest BCUT2D eigenvalue weighted by molar-refractivity contribution is 5.59. The molecule has 1 aromatic heterocycles. The molecule has 2 aromatic rings. The number of anilines is 3. The molecule has 1 unspecified atom stereocenters. The van der Waals surface area contributed by atoms with Crippen molar-refractivity contribution in [3.05, 3.63) is 41.2 Å². The zero-order chi connectivity index (χ0) is 21.3. The van der Waals surface area contributed by atoms with Gasteiger partial charge in [-0.15, -0.1) is 0 Å². The molecule has 7 nitrogen and oxygen atoms in total. The summed E-state index contributed by atoms with van der Waals surface area (Å²) in [6, 6.07) is 6.68. The summed E-state index contributed by atoms with van der Waals surface area (Å²) in [5.41, 5.74) is 17.4. The summed E-state index contributed by atoms with van der Waals surface area (Å²) in [4.78, 5) is 14.2. The van der Waals surface area contributed by atoms with Gasteiger partial charge in [-0.05, 0) is 63.2 Å². The molecule has 1 aromatic carbocycles. The van der Waals surface area contributed by atoms with Gasteiger partial charge in [-0.3, -0.25) is 5.32 Å². The molecule has 5 N–H and O–H groups in total. The number of rotatable bonds is 5. The van der Waals surface area contributed by atoms with Crippen LogP contribution in [0.25, 0.3) is 0 Å². The van der Waals surface area contributed by atoms with Crippen molar-refractivity contribution in [2.45, 2.75) is 45.7 Å². The maximum atomic E-state index is 6.45. The minimum Gasteiger partial charge on any atom is -0.382 e. The molecule has 0 saturated carbocycles. The van der Waals surface area contributed by atoms with E-state index in [1.807, 2.05) is 13.2 Å². The van der Waals surface area contributed by atoms with Gasteiger partial charge in [0.05, 0.1) is 6.20 Å². The number of hydrogen-bond acceptors (Lipinski definition) is 7. The van der Waals surface area contributed by atoms with Crippen molar-refractivity contribution in [2.24, 2.45) is 11.1 Å². The molecule has 162 valence electrons. The minimum absolute atomic E-state index is 0.102. The van der Waals surface area contributed by atoms with Crippen molar-refractivity contribution < 1.29 is 0 Å². The van der Waals surface area contributed by atoms with Crippen molar-refractivity contribution in [1.29, 1.82) is 0 Å². The third kappa shape index (κ3) is 3.96. The van der Waals surface area contributed by atoms with Crippen molar-refractivity contribution >= 4 is 17.3 Å². The van der Waals surface area contributed by atoms with Crippen LogP contribution >= 0.6 is 0 Å². The summed E-state index contributed by atoms with van der Waals surface area (Å²) in [6.07, 6.45) is 6.14. The molecule has 2 aliphatic rings. The van der Waals surface area contributed by atoms with Gasteiger partial charge < -0.3 is 21.3 Å². The second-order valence-electron chi connectivity index (χ2n) is 9.12. The van der Waals surface area contributed by atoms with Crippen LogP contribution in [0, 0.1) is 12.3 Å². The third-order valence-electron chi connectivity index (χ3n) is 6.84. The first-order valence-electron chi connectivity index (χ1n) is 11.0. The Hall–Kier alpha value is -2.38. The fourth-order valence-electron chi connectivity index (χ4n) is 4.71. The number of nitrogens with zero attached hydrogens (tertiary/aromatic N) is 4. The predicted octanol–water partition coefficient (Wildman–Crippen LogP) is 2.60. The largest absolute Gasteiger partial charge is 0.382 e. The number of nitrogens with two attached hydrogens (primary N) is 2. The summed E-state index contributed by atoms with van der Waals surface area (Å²) in [5.74, 6) is 1.36. The van der Waals surface area contributed by atoms with E-state index in [0.29, 0.717) is 5.82 Å². The molecule has 0 amide bonds. The highest BCUT2D eigenvalue weighted by Gasteiger charge is 2.31. The Bertz CT molecular complexity index is 889. The SMILES string of the molecule is CNC(c1ncc(N2CCC(C)(CN)CC2)nc1N)N1CCCc2cc(C)ccc21. The lowest BCUT2D eigenvalue weighted by Gasteiger charge is -2.39. The molecule has 0 bridgehead atoms. The van der Waals surface area contributed by atoms with Crippen LogP contribution in [-0.2, 0) is 6.42 Å². The number of nitrogens with one attached hydrogen (secondary N) is 1. The number of piperidine rings is 1. The molecule has 7 heteroatoms. The molecule has 1 saturated heterocycles. The number of benzene rings is 1. The lowest BCUT2D eigenvalue weighted by atomic mass is 9.80. The molecule has 4 rings (SSSR count). The first kappa shape index (κ1) is 20.9. The van der Waals surface area contributed by atoms with E-state index in [-0.39, 0.29) is 11.6 Å². The molecule has 0 aliphatic carbocycles. The minimum atomic E-state index is -0.102. The molecule has 1 fully saturated rings. The summed E-state index contributed by atoms with van der Waals surface area (Å²) in [7, 11) is 1.96. The third-order valence-corrected chi connectivity index (χ3v) is 6.84. The van der Waals surface area contributed by atoms with Crippen LogP contribution in [-0.4, -0.2) is 43.2 Å². The van der Waals surface area contributed by atoms with E-state index < -0.39 is 0 Å². The normalized spacial score (nSPS) is 19.5. The molecule has 3 heterocycles. The van der Waals surface area contributed by atoms with E-state index in [0.717, 1.165) is 63.4 Å². The second kappa shape index (κ2) is 8.40. The van der Waals surface area contributed by atoms with Gasteiger partial charge in [-0.25, -0.2) is 9.97 Å². The highest BCUT2D eigenvalue weighted by Crippen LogP contribution is 2.35. The van der Waals surface area contributed by atoms with Crippen LogP contribution in [0.2, 0.25) is 0 Å². The van der Waals surface area contributed by atoms with Crippen LogP contribution in [0.1, 0.15) is 49.2 Å². The van der Waals surface area contributed by atoms with E-state index in [9.17, 15) is 0 Å². The highest BCUT2D eigenvalue weighted by atomic mass is 15.3. The Labute approximate surface area is 179 Å². The number of hydrogen-bond donors (Lipinski definition) is 3. The van der Waals surface area contributed by atoms with Gasteiger partial charge in [0.15, 0.2) is 5.82 Å². The molecular weight excluding hydrogens is 374 g/mol. The number of aromatic nitrogens is 2. The fraction of sp³-hybridized carbons (Fsp3) is 0.565. The fourth-order valence-corrected chi connectivity index (χ4v) is 4.71. The second-order valence-corrected chi connectivity index (χ2v) is 9.12. The lowest BCUT2D eigenvalue weighted by Crippen LogP contribution is -2.43. The molecule has 0 radical (unpaired) electrons. The van der Waals surface area contributed by atoms with Crippen molar-refractivity contribution in [3.63, 3.8) is 0 Å².